The molecule has 0 aliphatic carbocycles. The van der Waals surface area contributed by atoms with Crippen LogP contribution in [0.1, 0.15) is 37.7 Å². The third-order valence-corrected chi connectivity index (χ3v) is 1.87. The number of nitrogens with one attached hydrogen (secondary N) is 1. The maximum atomic E-state index is 11.9. The van der Waals surface area contributed by atoms with Crippen LogP contribution in [0.3, 0.4) is 0 Å². The lowest BCUT2D eigenvalue weighted by Crippen LogP contribution is -2.41. The van der Waals surface area contributed by atoms with Gasteiger partial charge in [-0.3, -0.25) is 4.79 Å². The molecule has 1 fully saturated rings. The zero-order chi connectivity index (χ0) is 12.9. The van der Waals surface area contributed by atoms with Gasteiger partial charge in [0.25, 0.3) is 0 Å². The van der Waals surface area contributed by atoms with Crippen LogP contribution in [-0.2, 0) is 4.79 Å². The fraction of sp³-hybridized carbons (Fsp3) is 0.700. The lowest BCUT2D eigenvalue weighted by molar-refractivity contribution is -0.129. The zero-order valence-corrected chi connectivity index (χ0v) is 7.77. The molecule has 1 saturated heterocycles. The van der Waals surface area contributed by atoms with Gasteiger partial charge in [-0.1, -0.05) is 27.4 Å². The molecule has 0 bridgehead atoms. The van der Waals surface area contributed by atoms with Crippen LogP contribution in [0.25, 0.3) is 0 Å². The second kappa shape index (κ2) is 2.92. The van der Waals surface area contributed by atoms with E-state index in [0.29, 0.717) is 5.31 Å². The van der Waals surface area contributed by atoms with Gasteiger partial charge in [-0.2, -0.15) is 0 Å². The van der Waals surface area contributed by atoms with Crippen molar-refractivity contribution in [2.75, 3.05) is 0 Å². The summed E-state index contributed by atoms with van der Waals surface area (Å²) in [6.07, 6.45) is -2.14. The van der Waals surface area contributed by atoms with Crippen LogP contribution in [0, 0.1) is 11.3 Å². The SMILES string of the molecule is [2H]N1C(=C)C([2H])([2H])CC([2H])(C(C)(C)C)C1=O. The molecule has 1 aliphatic rings. The molecule has 1 atom stereocenters. The van der Waals surface area contributed by atoms with Gasteiger partial charge in [0, 0.05) is 15.7 Å². The van der Waals surface area contributed by atoms with E-state index in [1.54, 1.807) is 20.8 Å². The van der Waals surface area contributed by atoms with Crippen LogP contribution < -0.4 is 5.31 Å². The van der Waals surface area contributed by atoms with Crippen molar-refractivity contribution in [2.45, 2.75) is 33.6 Å². The average Bonchev–Trinajstić information content (AvgIpc) is 2.09. The molecule has 1 heterocycles. The highest BCUT2D eigenvalue weighted by Crippen LogP contribution is 2.33. The molecule has 0 saturated carbocycles. The molecule has 0 aromatic heterocycles. The Morgan fingerprint density at radius 3 is 2.92 bits per heavy atom. The van der Waals surface area contributed by atoms with Gasteiger partial charge < -0.3 is 5.31 Å². The fourth-order valence-electron chi connectivity index (χ4n) is 1.08. The Balaban J connectivity index is 3.25. The molecule has 12 heavy (non-hydrogen) atoms. The predicted molar refractivity (Wildman–Crippen MR) is 49.5 cm³/mol. The summed E-state index contributed by atoms with van der Waals surface area (Å²) >= 11 is 0. The Bertz CT molecular complexity index is 347. The van der Waals surface area contributed by atoms with E-state index in [4.69, 9.17) is 5.52 Å². The van der Waals surface area contributed by atoms with Crippen molar-refractivity contribution in [1.82, 2.24) is 5.31 Å². The van der Waals surface area contributed by atoms with Crippen molar-refractivity contribution in [3.05, 3.63) is 12.3 Å². The molecule has 0 aromatic rings. The minimum atomic E-state index is -1.88. The summed E-state index contributed by atoms with van der Waals surface area (Å²) in [4.78, 5) is 11.9. The van der Waals surface area contributed by atoms with E-state index >= 15 is 0 Å². The van der Waals surface area contributed by atoms with Crippen LogP contribution in [0.5, 0.6) is 0 Å². The second-order valence-electron chi connectivity index (χ2n) is 3.95. The first kappa shape index (κ1) is 5.05. The smallest absolute Gasteiger partial charge is 0.227 e. The van der Waals surface area contributed by atoms with Crippen LogP contribution >= 0.6 is 0 Å². The van der Waals surface area contributed by atoms with Gasteiger partial charge in [-0.25, -0.2) is 0 Å². The van der Waals surface area contributed by atoms with Gasteiger partial charge in [-0.05, 0) is 18.2 Å². The van der Waals surface area contributed by atoms with Crippen molar-refractivity contribution < 1.29 is 10.3 Å². The Morgan fingerprint density at radius 1 is 1.83 bits per heavy atom. The highest BCUT2D eigenvalue weighted by molar-refractivity contribution is 5.82. The summed E-state index contributed by atoms with van der Waals surface area (Å²) in [5, 5.41) is 0.432. The van der Waals surface area contributed by atoms with E-state index in [1.165, 1.54) is 0 Å². The number of allylic oxidation sites excluding steroid dienone is 1. The molecule has 0 radical (unpaired) electrons. The first-order chi connectivity index (χ1) is 6.93. The minimum absolute atomic E-state index is 0.190. The second-order valence-corrected chi connectivity index (χ2v) is 3.95. The van der Waals surface area contributed by atoms with E-state index in [0.717, 1.165) is 0 Å². The van der Waals surface area contributed by atoms with E-state index in [1.807, 2.05) is 0 Å². The van der Waals surface area contributed by atoms with Gasteiger partial charge in [0.2, 0.25) is 5.91 Å². The maximum absolute atomic E-state index is 11.9. The number of rotatable bonds is 0. The minimum Gasteiger partial charge on any atom is -0.330 e. The highest BCUT2D eigenvalue weighted by Gasteiger charge is 2.33. The van der Waals surface area contributed by atoms with Crippen molar-refractivity contribution in [1.29, 1.82) is 0 Å². The van der Waals surface area contributed by atoms with E-state index in [-0.39, 0.29) is 12.1 Å². The van der Waals surface area contributed by atoms with Gasteiger partial charge in [0.15, 0.2) is 1.41 Å². The fourth-order valence-corrected chi connectivity index (χ4v) is 1.08. The molecule has 1 unspecified atom stereocenters. The molecular formula is C10H17NO. The topological polar surface area (TPSA) is 29.1 Å². The summed E-state index contributed by atoms with van der Waals surface area (Å²) in [6.45, 7) is 8.52. The van der Waals surface area contributed by atoms with Crippen molar-refractivity contribution in [3.8, 4) is 0 Å². The third-order valence-electron chi connectivity index (χ3n) is 1.87. The Kier molecular flexibility index (Phi) is 1.23. The van der Waals surface area contributed by atoms with Crippen molar-refractivity contribution in [2.24, 2.45) is 11.3 Å². The average molecular weight is 171 g/mol. The van der Waals surface area contributed by atoms with Gasteiger partial charge >= 0.3 is 0 Å². The Morgan fingerprint density at radius 2 is 2.42 bits per heavy atom. The number of carbonyl (C=O) groups is 1. The standard InChI is InChI=1S/C10H17NO/c1-7-5-6-8(9(12)11-7)10(2,3)4/h8H,1,5-6H2,2-4H3,(H,11,12)/i5D2,8D/hD. The number of amides is 1. The van der Waals surface area contributed by atoms with E-state index < -0.39 is 23.6 Å². The number of piperidine rings is 1. The monoisotopic (exact) mass is 171 g/mol. The molecule has 2 heteroatoms. The number of hydrogen-bond donors (Lipinski definition) is 1. The zero-order valence-electron chi connectivity index (χ0n) is 11.8. The largest absolute Gasteiger partial charge is 0.330 e. The summed E-state index contributed by atoms with van der Waals surface area (Å²) in [5.74, 6) is -2.33. The van der Waals surface area contributed by atoms with Gasteiger partial charge in [-0.15, -0.1) is 0 Å². The molecule has 1 rings (SSSR count). The van der Waals surface area contributed by atoms with Crippen LogP contribution in [0.15, 0.2) is 12.3 Å². The molecule has 0 spiro atoms. The number of hydrogen-bond acceptors (Lipinski definition) is 1. The van der Waals surface area contributed by atoms with Gasteiger partial charge in [0.1, 0.15) is 0 Å². The lowest BCUT2D eigenvalue weighted by atomic mass is 9.76. The summed E-state index contributed by atoms with van der Waals surface area (Å²) in [7, 11) is 0. The number of carbonyl (C=O) groups excluding carboxylic acids is 1. The quantitative estimate of drug-likeness (QED) is 0.594. The van der Waals surface area contributed by atoms with Crippen LogP contribution in [0.4, 0.5) is 0 Å². The molecule has 0 aromatic carbocycles. The molecule has 1 N–H and O–H groups in total. The van der Waals surface area contributed by atoms with Crippen molar-refractivity contribution >= 4 is 5.91 Å². The maximum Gasteiger partial charge on any atom is 0.227 e. The van der Waals surface area contributed by atoms with E-state index in [2.05, 4.69) is 6.58 Å². The third kappa shape index (κ3) is 1.87. The summed E-state index contributed by atoms with van der Waals surface area (Å²) < 4.78 is 31.1. The van der Waals surface area contributed by atoms with Gasteiger partial charge in [0.05, 0.1) is 0 Å². The molecular weight excluding hydrogens is 150 g/mol. The van der Waals surface area contributed by atoms with Crippen LogP contribution in [0.2, 0.25) is 1.41 Å². The molecule has 1 amide bonds. The molecule has 68 valence electrons. The molecule has 1 aliphatic heterocycles. The molecule has 2 nitrogen and oxygen atoms in total. The van der Waals surface area contributed by atoms with Crippen molar-refractivity contribution in [3.63, 3.8) is 0 Å². The predicted octanol–water partition coefficient (Wildman–Crippen LogP) is 2.07. The summed E-state index contributed by atoms with van der Waals surface area (Å²) in [6, 6.07) is 0. The lowest BCUT2D eigenvalue weighted by Gasteiger charge is -2.33. The first-order valence-electron chi connectivity index (χ1n) is 5.91. The van der Waals surface area contributed by atoms with E-state index in [9.17, 15) is 4.79 Å². The van der Waals surface area contributed by atoms with Crippen LogP contribution in [-0.4, -0.2) is 5.91 Å². The normalized spacial score (nSPS) is 41.4. The Labute approximate surface area is 79.7 Å². The first-order valence-corrected chi connectivity index (χ1v) is 3.96. The summed E-state index contributed by atoms with van der Waals surface area (Å²) in [5.41, 5.74) is -0.915. The Hall–Kier alpha value is -0.790. The highest BCUT2D eigenvalue weighted by atomic mass is 16.2.